The Kier molecular flexibility index (Phi) is 5.14. The smallest absolute Gasteiger partial charge is 0.312 e. The molecule has 0 bridgehead atoms. The molecule has 1 amide bonds. The monoisotopic (exact) mass is 394 g/mol. The zero-order chi connectivity index (χ0) is 20.4. The number of rotatable bonds is 3. The van der Waals surface area contributed by atoms with Gasteiger partial charge in [-0.15, -0.1) is 0 Å². The number of piperidine rings is 1. The average Bonchev–Trinajstić information content (AvgIpc) is 2.74. The second-order valence-electron chi connectivity index (χ2n) is 7.13. The lowest BCUT2D eigenvalue weighted by atomic mass is 9.89. The van der Waals surface area contributed by atoms with Crippen LogP contribution >= 0.6 is 0 Å². The maximum atomic E-state index is 13.1. The Bertz CT molecular complexity index is 979. The van der Waals surface area contributed by atoms with E-state index >= 15 is 0 Å². The molecule has 1 heterocycles. The molecule has 0 aromatic heterocycles. The first-order valence-electron chi connectivity index (χ1n) is 9.49. The molecule has 1 aliphatic heterocycles. The summed E-state index contributed by atoms with van der Waals surface area (Å²) >= 11 is 0. The number of carbonyl (C=O) groups is 1. The summed E-state index contributed by atoms with van der Waals surface area (Å²) < 4.78 is 38.3. The number of anilines is 1. The highest BCUT2D eigenvalue weighted by Gasteiger charge is 2.33. The summed E-state index contributed by atoms with van der Waals surface area (Å²) in [5.74, 6) is -0.534. The van der Waals surface area contributed by atoms with Crippen LogP contribution in [0.4, 0.5) is 18.9 Å². The average molecular weight is 394 g/mol. The van der Waals surface area contributed by atoms with Crippen molar-refractivity contribution >= 4 is 11.6 Å². The van der Waals surface area contributed by atoms with E-state index in [4.69, 9.17) is 0 Å². The molecular weight excluding hydrogens is 375 g/mol. The van der Waals surface area contributed by atoms with Crippen molar-refractivity contribution in [1.82, 2.24) is 0 Å². The molecule has 0 saturated carbocycles. The highest BCUT2D eigenvalue weighted by molar-refractivity contribution is 5.99. The number of benzene rings is 3. The van der Waals surface area contributed by atoms with E-state index in [1.807, 2.05) is 54.6 Å². The second kappa shape index (κ2) is 7.74. The van der Waals surface area contributed by atoms with Gasteiger partial charge >= 0.3 is 6.18 Å². The van der Waals surface area contributed by atoms with Crippen molar-refractivity contribution in [3.05, 3.63) is 90.0 Å². The van der Waals surface area contributed by atoms with Gasteiger partial charge < -0.3 is 4.90 Å². The van der Waals surface area contributed by atoms with E-state index in [1.165, 1.54) is 12.1 Å². The van der Waals surface area contributed by atoms with Gasteiger partial charge in [-0.05, 0) is 59.9 Å². The third kappa shape index (κ3) is 4.04. The third-order valence-electron chi connectivity index (χ3n) is 5.27. The van der Waals surface area contributed by atoms with Gasteiger partial charge in [0.05, 0.1) is 11.5 Å². The summed E-state index contributed by atoms with van der Waals surface area (Å²) in [6.45, 7) is 0.602. The molecule has 1 radical (unpaired) electrons. The van der Waals surface area contributed by atoms with E-state index < -0.39 is 17.7 Å². The normalized spacial score (nSPS) is 17.4. The molecule has 1 fully saturated rings. The number of halogens is 3. The summed E-state index contributed by atoms with van der Waals surface area (Å²) in [7, 11) is 0. The van der Waals surface area contributed by atoms with Crippen LogP contribution in [0, 0.1) is 6.07 Å². The summed E-state index contributed by atoms with van der Waals surface area (Å²) in [4.78, 5) is 14.8. The summed E-state index contributed by atoms with van der Waals surface area (Å²) in [6.07, 6.45) is -3.02. The SMILES string of the molecule is O=C1C(c2c[c]c(C(F)(F)F)cc2)CCCN1c1ccc(-c2ccccc2)cc1. The van der Waals surface area contributed by atoms with Crippen LogP contribution in [0.15, 0.2) is 72.8 Å². The predicted octanol–water partition coefficient (Wildman–Crippen LogP) is 6.08. The molecule has 1 saturated heterocycles. The van der Waals surface area contributed by atoms with Crippen molar-refractivity contribution in [3.63, 3.8) is 0 Å². The molecule has 2 nitrogen and oxygen atoms in total. The van der Waals surface area contributed by atoms with E-state index in [0.29, 0.717) is 18.5 Å². The van der Waals surface area contributed by atoms with Crippen LogP contribution in [0.25, 0.3) is 11.1 Å². The number of alkyl halides is 3. The van der Waals surface area contributed by atoms with Crippen molar-refractivity contribution in [3.8, 4) is 11.1 Å². The van der Waals surface area contributed by atoms with Gasteiger partial charge in [-0.3, -0.25) is 4.79 Å². The Morgan fingerprint density at radius 2 is 1.59 bits per heavy atom. The Labute approximate surface area is 167 Å². The van der Waals surface area contributed by atoms with E-state index in [2.05, 4.69) is 6.07 Å². The molecule has 147 valence electrons. The quantitative estimate of drug-likeness (QED) is 0.527. The van der Waals surface area contributed by atoms with E-state index in [0.717, 1.165) is 29.3 Å². The fourth-order valence-corrected chi connectivity index (χ4v) is 3.74. The van der Waals surface area contributed by atoms with Gasteiger partial charge in [-0.1, -0.05) is 48.5 Å². The lowest BCUT2D eigenvalue weighted by Crippen LogP contribution is -2.40. The Morgan fingerprint density at radius 3 is 2.21 bits per heavy atom. The first-order chi connectivity index (χ1) is 13.9. The largest absolute Gasteiger partial charge is 0.417 e. The van der Waals surface area contributed by atoms with Gasteiger partial charge in [0.2, 0.25) is 5.91 Å². The lowest BCUT2D eigenvalue weighted by molar-refractivity contribution is -0.137. The maximum absolute atomic E-state index is 13.1. The number of hydrogen-bond acceptors (Lipinski definition) is 1. The molecule has 0 spiro atoms. The minimum absolute atomic E-state index is 0.0862. The van der Waals surface area contributed by atoms with Gasteiger partial charge in [-0.25, -0.2) is 0 Å². The minimum atomic E-state index is -4.43. The molecule has 3 aromatic rings. The first kappa shape index (κ1) is 19.2. The van der Waals surface area contributed by atoms with Crippen molar-refractivity contribution in [1.29, 1.82) is 0 Å². The number of nitrogens with zero attached hydrogens (tertiary/aromatic N) is 1. The highest BCUT2D eigenvalue weighted by Crippen LogP contribution is 2.34. The number of hydrogen-bond donors (Lipinski definition) is 0. The van der Waals surface area contributed by atoms with Crippen LogP contribution in [-0.2, 0) is 11.0 Å². The number of amides is 1. The molecule has 29 heavy (non-hydrogen) atoms. The van der Waals surface area contributed by atoms with Gasteiger partial charge in [-0.2, -0.15) is 13.2 Å². The van der Waals surface area contributed by atoms with E-state index in [9.17, 15) is 18.0 Å². The third-order valence-corrected chi connectivity index (χ3v) is 5.27. The summed E-state index contributed by atoms with van der Waals surface area (Å²) in [5.41, 5.74) is 2.72. The molecule has 0 aliphatic carbocycles. The van der Waals surface area contributed by atoms with E-state index in [1.54, 1.807) is 4.90 Å². The molecule has 0 N–H and O–H groups in total. The van der Waals surface area contributed by atoms with Crippen molar-refractivity contribution in [2.24, 2.45) is 0 Å². The molecule has 3 aromatic carbocycles. The molecule has 1 atom stereocenters. The maximum Gasteiger partial charge on any atom is 0.417 e. The summed E-state index contributed by atoms with van der Waals surface area (Å²) in [5, 5.41) is 0. The van der Waals surface area contributed by atoms with Crippen LogP contribution < -0.4 is 4.90 Å². The molecular formula is C24H19F3NO. The van der Waals surface area contributed by atoms with Crippen LogP contribution in [0.5, 0.6) is 0 Å². The molecule has 5 heteroatoms. The fourth-order valence-electron chi connectivity index (χ4n) is 3.74. The first-order valence-corrected chi connectivity index (χ1v) is 9.49. The predicted molar refractivity (Wildman–Crippen MR) is 106 cm³/mol. The molecule has 1 unspecified atom stereocenters. The zero-order valence-corrected chi connectivity index (χ0v) is 15.6. The zero-order valence-electron chi connectivity index (χ0n) is 15.6. The fraction of sp³-hybridized carbons (Fsp3) is 0.208. The standard InChI is InChI=1S/C24H19F3NO/c25-24(26,27)20-12-8-19(9-13-20)22-7-4-16-28(23(22)29)21-14-10-18(11-15-21)17-5-2-1-3-6-17/h1-3,5-6,8-12,14-15,22H,4,7,16H2. The topological polar surface area (TPSA) is 20.3 Å². The van der Waals surface area contributed by atoms with Gasteiger partial charge in [0.15, 0.2) is 0 Å². The van der Waals surface area contributed by atoms with Crippen molar-refractivity contribution in [2.75, 3.05) is 11.4 Å². The van der Waals surface area contributed by atoms with E-state index in [-0.39, 0.29) is 5.91 Å². The Morgan fingerprint density at radius 1 is 0.897 bits per heavy atom. The highest BCUT2D eigenvalue weighted by atomic mass is 19.4. The van der Waals surface area contributed by atoms with Crippen LogP contribution in [0.2, 0.25) is 0 Å². The lowest BCUT2D eigenvalue weighted by Gasteiger charge is -2.32. The van der Waals surface area contributed by atoms with Crippen molar-refractivity contribution < 1.29 is 18.0 Å². The Balaban J connectivity index is 1.54. The minimum Gasteiger partial charge on any atom is -0.312 e. The van der Waals surface area contributed by atoms with Crippen molar-refractivity contribution in [2.45, 2.75) is 24.9 Å². The second-order valence-corrected chi connectivity index (χ2v) is 7.13. The Hall–Kier alpha value is -3.08. The summed E-state index contributed by atoms with van der Waals surface area (Å²) in [6, 6.07) is 23.7. The molecule has 1 aliphatic rings. The molecule has 4 rings (SSSR count). The van der Waals surface area contributed by atoms with Gasteiger partial charge in [0.1, 0.15) is 0 Å². The van der Waals surface area contributed by atoms with Crippen LogP contribution in [0.1, 0.15) is 29.9 Å². The van der Waals surface area contributed by atoms with Gasteiger partial charge in [0, 0.05) is 12.2 Å². The van der Waals surface area contributed by atoms with Crippen LogP contribution in [-0.4, -0.2) is 12.5 Å². The van der Waals surface area contributed by atoms with Gasteiger partial charge in [0.25, 0.3) is 0 Å². The van der Waals surface area contributed by atoms with Crippen LogP contribution in [0.3, 0.4) is 0 Å². The number of carbonyl (C=O) groups excluding carboxylic acids is 1.